The molecule has 1 fully saturated rings. The van der Waals surface area contributed by atoms with Crippen molar-refractivity contribution in [2.45, 2.75) is 43.7 Å². The molecule has 2 aromatic rings. The molecule has 0 saturated carbocycles. The number of rotatable bonds is 4. The summed E-state index contributed by atoms with van der Waals surface area (Å²) in [6.45, 7) is 6.33. The number of nitrogens with one attached hydrogen (secondary N) is 2. The van der Waals surface area contributed by atoms with Crippen LogP contribution in [0.25, 0.3) is 11.4 Å². The predicted molar refractivity (Wildman–Crippen MR) is 89.9 cm³/mol. The van der Waals surface area contributed by atoms with Gasteiger partial charge < -0.3 is 4.52 Å². The maximum Gasteiger partial charge on any atom is 0.230 e. The molecular weight excluding hydrogens is 328 g/mol. The smallest absolute Gasteiger partial charge is 0.230 e. The van der Waals surface area contributed by atoms with Gasteiger partial charge in [0.15, 0.2) is 9.84 Å². The fourth-order valence-electron chi connectivity index (χ4n) is 3.31. The van der Waals surface area contributed by atoms with Crippen LogP contribution in [0.15, 0.2) is 33.7 Å². The van der Waals surface area contributed by atoms with Crippen molar-refractivity contribution >= 4 is 9.84 Å². The molecule has 2 N–H and O–H groups in total. The fraction of sp³-hybridized carbons (Fsp3) is 0.500. The van der Waals surface area contributed by atoms with Crippen molar-refractivity contribution in [2.75, 3.05) is 6.26 Å². The first-order valence-electron chi connectivity index (χ1n) is 7.92. The minimum atomic E-state index is -3.21. The Hall–Kier alpha value is -1.77. The Kier molecular flexibility index (Phi) is 4.46. The number of nitrogens with zero attached hydrogens (tertiary/aromatic N) is 2. The average molecular weight is 350 g/mol. The third-order valence-electron chi connectivity index (χ3n) is 4.64. The Morgan fingerprint density at radius 1 is 1.12 bits per heavy atom. The van der Waals surface area contributed by atoms with Crippen LogP contribution in [-0.4, -0.2) is 36.9 Å². The lowest BCUT2D eigenvalue weighted by Crippen LogP contribution is -2.30. The lowest BCUT2D eigenvalue weighted by molar-refractivity contribution is 0.291. The highest BCUT2D eigenvalue weighted by atomic mass is 32.2. The summed E-state index contributed by atoms with van der Waals surface area (Å²) in [4.78, 5) is 4.78. The van der Waals surface area contributed by atoms with Crippen molar-refractivity contribution in [3.8, 4) is 11.4 Å². The lowest BCUT2D eigenvalue weighted by Gasteiger charge is -2.22. The number of benzene rings is 1. The van der Waals surface area contributed by atoms with Gasteiger partial charge in [0, 0.05) is 35.7 Å². The number of hydrazine groups is 1. The molecule has 8 heteroatoms. The van der Waals surface area contributed by atoms with Gasteiger partial charge in [-0.25, -0.2) is 8.42 Å². The average Bonchev–Trinajstić information content (AvgIpc) is 3.13. The van der Waals surface area contributed by atoms with Crippen molar-refractivity contribution in [1.29, 1.82) is 0 Å². The highest BCUT2D eigenvalue weighted by molar-refractivity contribution is 7.90. The van der Waals surface area contributed by atoms with Gasteiger partial charge in [0.25, 0.3) is 0 Å². The molecule has 1 aliphatic rings. The van der Waals surface area contributed by atoms with E-state index in [-0.39, 0.29) is 10.8 Å². The quantitative estimate of drug-likeness (QED) is 0.867. The zero-order chi connectivity index (χ0) is 17.5. The molecule has 1 saturated heterocycles. The summed E-state index contributed by atoms with van der Waals surface area (Å²) < 4.78 is 28.5. The largest absolute Gasteiger partial charge is 0.339 e. The number of hydrogen-bond donors (Lipinski definition) is 2. The monoisotopic (exact) mass is 350 g/mol. The van der Waals surface area contributed by atoms with Gasteiger partial charge in [-0.1, -0.05) is 12.1 Å². The molecule has 0 radical (unpaired) electrons. The van der Waals surface area contributed by atoms with Gasteiger partial charge in [0.2, 0.25) is 11.7 Å². The van der Waals surface area contributed by atoms with E-state index in [1.165, 1.54) is 6.26 Å². The highest BCUT2D eigenvalue weighted by Gasteiger charge is 2.37. The molecule has 1 aliphatic heterocycles. The van der Waals surface area contributed by atoms with E-state index in [0.29, 0.717) is 29.7 Å². The summed E-state index contributed by atoms with van der Waals surface area (Å²) in [5.41, 5.74) is 7.19. The molecule has 3 atom stereocenters. The van der Waals surface area contributed by atoms with Crippen LogP contribution >= 0.6 is 0 Å². The van der Waals surface area contributed by atoms with Crippen molar-refractivity contribution in [3.05, 3.63) is 30.2 Å². The van der Waals surface area contributed by atoms with E-state index < -0.39 is 9.84 Å². The van der Waals surface area contributed by atoms with E-state index >= 15 is 0 Å². The topological polar surface area (TPSA) is 97.1 Å². The summed E-state index contributed by atoms with van der Waals surface area (Å²) in [6, 6.07) is 7.11. The van der Waals surface area contributed by atoms with Crippen LogP contribution in [0, 0.1) is 5.92 Å². The Morgan fingerprint density at radius 2 is 1.71 bits per heavy atom. The number of hydrogen-bond acceptors (Lipinski definition) is 7. The molecule has 3 rings (SSSR count). The summed E-state index contributed by atoms with van der Waals surface area (Å²) >= 11 is 0. The van der Waals surface area contributed by atoms with Crippen LogP contribution in [-0.2, 0) is 9.84 Å². The molecule has 2 heterocycles. The van der Waals surface area contributed by atoms with Crippen molar-refractivity contribution < 1.29 is 12.9 Å². The van der Waals surface area contributed by atoms with Gasteiger partial charge >= 0.3 is 0 Å². The minimum Gasteiger partial charge on any atom is -0.339 e. The van der Waals surface area contributed by atoms with Gasteiger partial charge in [-0.05, 0) is 38.1 Å². The van der Waals surface area contributed by atoms with Crippen molar-refractivity contribution in [1.82, 2.24) is 21.0 Å². The van der Waals surface area contributed by atoms with E-state index in [1.54, 1.807) is 24.3 Å². The molecule has 0 amide bonds. The van der Waals surface area contributed by atoms with E-state index in [9.17, 15) is 8.42 Å². The van der Waals surface area contributed by atoms with Crippen LogP contribution in [0.5, 0.6) is 0 Å². The SMILES string of the molecule is CC1NNC(C)C1C(C)c1nc(-c2ccc(S(C)(=O)=O)cc2)no1. The second kappa shape index (κ2) is 6.27. The summed E-state index contributed by atoms with van der Waals surface area (Å²) in [6.07, 6.45) is 1.18. The minimum absolute atomic E-state index is 0.106. The van der Waals surface area contributed by atoms with Crippen LogP contribution in [0.2, 0.25) is 0 Å². The Morgan fingerprint density at radius 3 is 2.25 bits per heavy atom. The zero-order valence-corrected chi connectivity index (χ0v) is 15.0. The normalized spacial score (nSPS) is 25.8. The molecule has 1 aromatic carbocycles. The van der Waals surface area contributed by atoms with Crippen LogP contribution in [0.1, 0.15) is 32.6 Å². The van der Waals surface area contributed by atoms with Gasteiger partial charge in [-0.15, -0.1) is 0 Å². The van der Waals surface area contributed by atoms with Crippen LogP contribution in [0.3, 0.4) is 0 Å². The third kappa shape index (κ3) is 3.22. The second-order valence-electron chi connectivity index (χ2n) is 6.48. The summed E-state index contributed by atoms with van der Waals surface area (Å²) in [7, 11) is -3.21. The van der Waals surface area contributed by atoms with Gasteiger partial charge in [-0.3, -0.25) is 10.9 Å². The molecule has 0 spiro atoms. The van der Waals surface area contributed by atoms with Gasteiger partial charge in [-0.2, -0.15) is 4.98 Å². The van der Waals surface area contributed by atoms with E-state index in [1.807, 2.05) is 0 Å². The standard InChI is InChI=1S/C16H22N4O3S/c1-9(14-10(2)18-19-11(14)3)16-17-15(20-23-16)12-5-7-13(8-6-12)24(4,21)22/h5-11,14,18-19H,1-4H3. The molecule has 3 unspecified atom stereocenters. The Balaban J connectivity index is 1.83. The molecule has 1 aromatic heterocycles. The Bertz CT molecular complexity index is 806. The first-order chi connectivity index (χ1) is 11.3. The van der Waals surface area contributed by atoms with E-state index in [2.05, 4.69) is 41.8 Å². The highest BCUT2D eigenvalue weighted by Crippen LogP contribution is 2.32. The van der Waals surface area contributed by atoms with E-state index in [0.717, 1.165) is 5.56 Å². The maximum absolute atomic E-state index is 11.5. The number of sulfone groups is 1. The third-order valence-corrected chi connectivity index (χ3v) is 5.77. The molecule has 130 valence electrons. The van der Waals surface area contributed by atoms with E-state index in [4.69, 9.17) is 4.52 Å². The summed E-state index contributed by atoms with van der Waals surface area (Å²) in [5.74, 6) is 1.50. The predicted octanol–water partition coefficient (Wildman–Crippen LogP) is 1.74. The molecular formula is C16H22N4O3S. The zero-order valence-electron chi connectivity index (χ0n) is 14.1. The molecule has 24 heavy (non-hydrogen) atoms. The van der Waals surface area contributed by atoms with Crippen LogP contribution in [0.4, 0.5) is 0 Å². The second-order valence-corrected chi connectivity index (χ2v) is 8.50. The molecule has 0 aliphatic carbocycles. The van der Waals surface area contributed by atoms with Gasteiger partial charge in [0.05, 0.1) is 4.90 Å². The molecule has 0 bridgehead atoms. The first kappa shape index (κ1) is 17.1. The fourth-order valence-corrected chi connectivity index (χ4v) is 3.94. The summed E-state index contributed by atoms with van der Waals surface area (Å²) in [5, 5.41) is 4.04. The Labute approximate surface area is 141 Å². The number of aromatic nitrogens is 2. The van der Waals surface area contributed by atoms with Gasteiger partial charge in [0.1, 0.15) is 0 Å². The van der Waals surface area contributed by atoms with Crippen molar-refractivity contribution in [2.24, 2.45) is 5.92 Å². The van der Waals surface area contributed by atoms with Crippen molar-refractivity contribution in [3.63, 3.8) is 0 Å². The lowest BCUT2D eigenvalue weighted by atomic mass is 9.84. The molecule has 7 nitrogen and oxygen atoms in total. The maximum atomic E-state index is 11.5. The van der Waals surface area contributed by atoms with Crippen LogP contribution < -0.4 is 10.9 Å². The first-order valence-corrected chi connectivity index (χ1v) is 9.81.